The molecule has 0 aromatic carbocycles. The van der Waals surface area contributed by atoms with Crippen LogP contribution in [0.25, 0.3) is 0 Å². The first-order chi connectivity index (χ1) is 4.83. The van der Waals surface area contributed by atoms with Crippen molar-refractivity contribution < 1.29 is 0 Å². The minimum absolute atomic E-state index is 0.973. The highest BCUT2D eigenvalue weighted by Crippen LogP contribution is 2.11. The van der Waals surface area contributed by atoms with Crippen LogP contribution in [-0.4, -0.2) is 15.7 Å². The summed E-state index contributed by atoms with van der Waals surface area (Å²) in [5.74, 6) is 1.05. The largest absolute Gasteiger partial charge is 0.257 e. The van der Waals surface area contributed by atoms with Crippen molar-refractivity contribution in [1.29, 1.82) is 0 Å². The zero-order valence-corrected chi connectivity index (χ0v) is 6.98. The number of hydrogen-bond donors (Lipinski definition) is 0. The number of thioether (sulfide) groups is 1. The van der Waals surface area contributed by atoms with E-state index in [0.29, 0.717) is 0 Å². The van der Waals surface area contributed by atoms with Crippen molar-refractivity contribution in [3.8, 4) is 0 Å². The Morgan fingerprint density at radius 1 is 1.40 bits per heavy atom. The summed E-state index contributed by atoms with van der Waals surface area (Å²) < 4.78 is 0. The van der Waals surface area contributed by atoms with E-state index in [-0.39, 0.29) is 0 Å². The Kier molecular flexibility index (Phi) is 2.68. The lowest BCUT2D eigenvalue weighted by atomic mass is 10.5. The molecule has 1 aromatic heterocycles. The van der Waals surface area contributed by atoms with Gasteiger partial charge in [0.25, 0.3) is 0 Å². The predicted molar refractivity (Wildman–Crippen MR) is 43.2 cm³/mol. The zero-order valence-electron chi connectivity index (χ0n) is 6.16. The van der Waals surface area contributed by atoms with Gasteiger partial charge < -0.3 is 0 Å². The van der Waals surface area contributed by atoms with Gasteiger partial charge in [-0.3, -0.25) is 4.98 Å². The van der Waals surface area contributed by atoms with Crippen LogP contribution in [0.2, 0.25) is 0 Å². The molecule has 0 radical (unpaired) electrons. The van der Waals surface area contributed by atoms with Crippen LogP contribution in [0.5, 0.6) is 0 Å². The van der Waals surface area contributed by atoms with Gasteiger partial charge in [-0.1, -0.05) is 6.92 Å². The first-order valence-electron chi connectivity index (χ1n) is 3.24. The van der Waals surface area contributed by atoms with E-state index in [0.717, 1.165) is 16.5 Å². The molecule has 0 atom stereocenters. The van der Waals surface area contributed by atoms with E-state index >= 15 is 0 Å². The van der Waals surface area contributed by atoms with Gasteiger partial charge in [0.15, 0.2) is 0 Å². The van der Waals surface area contributed by atoms with Crippen molar-refractivity contribution in [1.82, 2.24) is 9.97 Å². The van der Waals surface area contributed by atoms with Crippen LogP contribution in [0.4, 0.5) is 0 Å². The molecule has 1 heterocycles. The van der Waals surface area contributed by atoms with Crippen molar-refractivity contribution in [3.05, 3.63) is 18.1 Å². The molecule has 0 saturated carbocycles. The number of hydrogen-bond acceptors (Lipinski definition) is 3. The third kappa shape index (κ3) is 1.99. The average molecular weight is 154 g/mol. The van der Waals surface area contributed by atoms with Crippen molar-refractivity contribution in [2.24, 2.45) is 0 Å². The number of aryl methyl sites for hydroxylation is 1. The molecular weight excluding hydrogens is 144 g/mol. The molecule has 0 aliphatic heterocycles. The first-order valence-corrected chi connectivity index (χ1v) is 4.23. The molecule has 0 aliphatic rings. The van der Waals surface area contributed by atoms with E-state index in [2.05, 4.69) is 16.9 Å². The Hall–Kier alpha value is -0.570. The van der Waals surface area contributed by atoms with Crippen LogP contribution in [0, 0.1) is 6.92 Å². The van der Waals surface area contributed by atoms with Gasteiger partial charge in [-0.2, -0.15) is 0 Å². The van der Waals surface area contributed by atoms with Crippen molar-refractivity contribution >= 4 is 11.8 Å². The SMILES string of the molecule is CCSc1cnc(C)cn1. The lowest BCUT2D eigenvalue weighted by molar-refractivity contribution is 1.01. The van der Waals surface area contributed by atoms with E-state index in [4.69, 9.17) is 0 Å². The molecule has 0 amide bonds. The fraction of sp³-hybridized carbons (Fsp3) is 0.429. The smallest absolute Gasteiger partial charge is 0.114 e. The predicted octanol–water partition coefficient (Wildman–Crippen LogP) is 1.90. The third-order valence-electron chi connectivity index (χ3n) is 1.05. The summed E-state index contributed by atoms with van der Waals surface area (Å²) in [5.41, 5.74) is 0.973. The van der Waals surface area contributed by atoms with Crippen LogP contribution in [0.1, 0.15) is 12.6 Å². The molecule has 0 aliphatic carbocycles. The number of aromatic nitrogens is 2. The fourth-order valence-electron chi connectivity index (χ4n) is 0.603. The maximum Gasteiger partial charge on any atom is 0.114 e. The molecule has 3 heteroatoms. The molecule has 0 bridgehead atoms. The summed E-state index contributed by atoms with van der Waals surface area (Å²) in [7, 11) is 0. The molecule has 1 rings (SSSR count). The second-order valence-electron chi connectivity index (χ2n) is 1.93. The summed E-state index contributed by atoms with van der Waals surface area (Å²) in [4.78, 5) is 8.28. The normalized spacial score (nSPS) is 9.80. The maximum atomic E-state index is 4.17. The van der Waals surface area contributed by atoms with E-state index in [1.165, 1.54) is 0 Å². The summed E-state index contributed by atoms with van der Waals surface area (Å²) in [6.45, 7) is 4.04. The highest BCUT2D eigenvalue weighted by molar-refractivity contribution is 7.99. The van der Waals surface area contributed by atoms with Gasteiger partial charge in [0.2, 0.25) is 0 Å². The average Bonchev–Trinajstić information content (AvgIpc) is 1.95. The van der Waals surface area contributed by atoms with Crippen LogP contribution in [0.3, 0.4) is 0 Å². The monoisotopic (exact) mass is 154 g/mol. The Morgan fingerprint density at radius 3 is 2.70 bits per heavy atom. The number of rotatable bonds is 2. The second kappa shape index (κ2) is 3.56. The fourth-order valence-corrected chi connectivity index (χ4v) is 1.15. The van der Waals surface area contributed by atoms with Gasteiger partial charge in [-0.05, 0) is 12.7 Å². The molecule has 0 spiro atoms. The molecule has 10 heavy (non-hydrogen) atoms. The highest BCUT2D eigenvalue weighted by atomic mass is 32.2. The van der Waals surface area contributed by atoms with Gasteiger partial charge in [0.05, 0.1) is 11.9 Å². The van der Waals surface area contributed by atoms with Crippen molar-refractivity contribution in [2.75, 3.05) is 5.75 Å². The number of nitrogens with zero attached hydrogens (tertiary/aromatic N) is 2. The van der Waals surface area contributed by atoms with Crippen molar-refractivity contribution in [3.63, 3.8) is 0 Å². The lowest BCUT2D eigenvalue weighted by Crippen LogP contribution is -1.85. The molecule has 0 N–H and O–H groups in total. The molecule has 2 nitrogen and oxygen atoms in total. The van der Waals surface area contributed by atoms with E-state index in [1.807, 2.05) is 13.1 Å². The van der Waals surface area contributed by atoms with Crippen molar-refractivity contribution in [2.45, 2.75) is 18.9 Å². The lowest BCUT2D eigenvalue weighted by Gasteiger charge is -1.95. The Labute approximate surface area is 65.1 Å². The van der Waals surface area contributed by atoms with Gasteiger partial charge in [-0.25, -0.2) is 4.98 Å². The van der Waals surface area contributed by atoms with E-state index < -0.39 is 0 Å². The van der Waals surface area contributed by atoms with Crippen LogP contribution in [-0.2, 0) is 0 Å². The first kappa shape index (κ1) is 7.54. The zero-order chi connectivity index (χ0) is 7.40. The standard InChI is InChI=1S/C7H10N2S/c1-3-10-7-5-8-6(2)4-9-7/h4-5H,3H2,1-2H3. The third-order valence-corrected chi connectivity index (χ3v) is 1.84. The van der Waals surface area contributed by atoms with Gasteiger partial charge in [-0.15, -0.1) is 11.8 Å². The van der Waals surface area contributed by atoms with E-state index in [9.17, 15) is 0 Å². The van der Waals surface area contributed by atoms with Crippen LogP contribution in [0.15, 0.2) is 17.4 Å². The Morgan fingerprint density at radius 2 is 2.20 bits per heavy atom. The summed E-state index contributed by atoms with van der Waals surface area (Å²) in [6.07, 6.45) is 3.60. The maximum absolute atomic E-state index is 4.17. The molecule has 1 aromatic rings. The molecule has 0 saturated heterocycles. The quantitative estimate of drug-likeness (QED) is 0.608. The van der Waals surface area contributed by atoms with Crippen LogP contribution >= 0.6 is 11.8 Å². The summed E-state index contributed by atoms with van der Waals surface area (Å²) >= 11 is 1.71. The Balaban J connectivity index is 2.69. The molecular formula is C7H10N2S. The highest BCUT2D eigenvalue weighted by Gasteiger charge is 1.91. The van der Waals surface area contributed by atoms with Gasteiger partial charge >= 0.3 is 0 Å². The topological polar surface area (TPSA) is 25.8 Å². The molecule has 0 unspecified atom stereocenters. The minimum Gasteiger partial charge on any atom is -0.257 e. The molecule has 54 valence electrons. The van der Waals surface area contributed by atoms with Crippen LogP contribution < -0.4 is 0 Å². The second-order valence-corrected chi connectivity index (χ2v) is 3.21. The van der Waals surface area contributed by atoms with Gasteiger partial charge in [0, 0.05) is 6.20 Å². The van der Waals surface area contributed by atoms with E-state index in [1.54, 1.807) is 18.0 Å². The minimum atomic E-state index is 0.973. The molecule has 0 fully saturated rings. The van der Waals surface area contributed by atoms with Gasteiger partial charge in [0.1, 0.15) is 5.03 Å². The summed E-state index contributed by atoms with van der Waals surface area (Å²) in [5, 5.41) is 1.01. The Bertz CT molecular complexity index is 195. The summed E-state index contributed by atoms with van der Waals surface area (Å²) in [6, 6.07) is 0.